The molecule has 1 unspecified atom stereocenters. The smallest absolute Gasteiger partial charge is 0.312 e. The maximum absolute atomic E-state index is 14.4. The molecule has 0 radical (unpaired) electrons. The van der Waals surface area contributed by atoms with E-state index >= 15 is 0 Å². The van der Waals surface area contributed by atoms with Crippen LogP contribution in [0.15, 0.2) is 54.7 Å². The summed E-state index contributed by atoms with van der Waals surface area (Å²) in [6.45, 7) is 4.73. The Morgan fingerprint density at radius 1 is 1.20 bits per heavy atom. The SMILES string of the molecule is CCc1ccc(-c2ncc(F)c(N(C)CCCOc3ccc4[nH]c(C(C)C(=O)O)cc4c3)n2)cc1. The van der Waals surface area contributed by atoms with Gasteiger partial charge in [0, 0.05) is 35.8 Å². The van der Waals surface area contributed by atoms with Crippen molar-refractivity contribution in [1.82, 2.24) is 15.0 Å². The van der Waals surface area contributed by atoms with Gasteiger partial charge in [0.2, 0.25) is 0 Å². The van der Waals surface area contributed by atoms with E-state index in [1.807, 2.05) is 48.5 Å². The normalized spacial score (nSPS) is 12.0. The van der Waals surface area contributed by atoms with E-state index in [0.29, 0.717) is 36.8 Å². The van der Waals surface area contributed by atoms with E-state index in [4.69, 9.17) is 4.74 Å². The third kappa shape index (κ3) is 5.59. The summed E-state index contributed by atoms with van der Waals surface area (Å²) >= 11 is 0. The number of nitrogens with zero attached hydrogens (tertiary/aromatic N) is 3. The zero-order valence-electron chi connectivity index (χ0n) is 20.1. The number of aromatic nitrogens is 3. The first-order chi connectivity index (χ1) is 16.9. The molecule has 0 bridgehead atoms. The van der Waals surface area contributed by atoms with Gasteiger partial charge < -0.3 is 19.7 Å². The minimum atomic E-state index is -0.876. The molecule has 4 aromatic rings. The Bertz CT molecular complexity index is 1320. The molecule has 2 heterocycles. The van der Waals surface area contributed by atoms with Crippen LogP contribution in [0.1, 0.15) is 37.4 Å². The fourth-order valence-corrected chi connectivity index (χ4v) is 3.84. The predicted octanol–water partition coefficient (Wildman–Crippen LogP) is 5.42. The molecule has 8 heteroatoms. The van der Waals surface area contributed by atoms with Crippen LogP contribution in [-0.4, -0.2) is 46.2 Å². The van der Waals surface area contributed by atoms with E-state index < -0.39 is 17.7 Å². The minimum absolute atomic E-state index is 0.253. The van der Waals surface area contributed by atoms with Gasteiger partial charge in [0.1, 0.15) is 5.75 Å². The topological polar surface area (TPSA) is 91.3 Å². The second-order valence-corrected chi connectivity index (χ2v) is 8.57. The zero-order chi connectivity index (χ0) is 24.9. The molecule has 0 aliphatic carbocycles. The van der Waals surface area contributed by atoms with Crippen LogP contribution < -0.4 is 9.64 Å². The molecule has 1 atom stereocenters. The summed E-state index contributed by atoms with van der Waals surface area (Å²) in [5.41, 5.74) is 3.58. The molecule has 2 N–H and O–H groups in total. The lowest BCUT2D eigenvalue weighted by Crippen LogP contribution is -2.23. The molecular weight excluding hydrogens is 447 g/mol. The molecule has 0 amide bonds. The molecule has 2 aromatic heterocycles. The molecule has 35 heavy (non-hydrogen) atoms. The Balaban J connectivity index is 1.35. The van der Waals surface area contributed by atoms with E-state index in [9.17, 15) is 14.3 Å². The van der Waals surface area contributed by atoms with Crippen LogP contribution in [0.2, 0.25) is 0 Å². The van der Waals surface area contributed by atoms with Gasteiger partial charge in [-0.25, -0.2) is 14.4 Å². The number of hydrogen-bond donors (Lipinski definition) is 2. The van der Waals surface area contributed by atoms with Crippen LogP contribution in [0.4, 0.5) is 10.2 Å². The van der Waals surface area contributed by atoms with Crippen molar-refractivity contribution in [3.63, 3.8) is 0 Å². The lowest BCUT2D eigenvalue weighted by molar-refractivity contribution is -0.138. The van der Waals surface area contributed by atoms with Crippen molar-refractivity contribution in [2.24, 2.45) is 0 Å². The lowest BCUT2D eigenvalue weighted by Gasteiger charge is -2.19. The van der Waals surface area contributed by atoms with E-state index in [-0.39, 0.29) is 5.82 Å². The van der Waals surface area contributed by atoms with E-state index in [2.05, 4.69) is 21.9 Å². The number of carboxylic acid groups (broad SMARTS) is 1. The number of benzene rings is 2. The summed E-state index contributed by atoms with van der Waals surface area (Å²) < 4.78 is 20.3. The first-order valence-corrected chi connectivity index (χ1v) is 11.7. The third-order valence-electron chi connectivity index (χ3n) is 6.06. The van der Waals surface area contributed by atoms with Crippen molar-refractivity contribution in [2.75, 3.05) is 25.1 Å². The second kappa shape index (κ2) is 10.5. The van der Waals surface area contributed by atoms with Gasteiger partial charge >= 0.3 is 5.97 Å². The van der Waals surface area contributed by atoms with Gasteiger partial charge in [-0.2, -0.15) is 0 Å². The number of aryl methyl sites for hydroxylation is 1. The second-order valence-electron chi connectivity index (χ2n) is 8.57. The molecule has 2 aromatic carbocycles. The Hall–Kier alpha value is -3.94. The van der Waals surface area contributed by atoms with E-state index in [1.54, 1.807) is 18.9 Å². The summed E-state index contributed by atoms with van der Waals surface area (Å²) in [5.74, 6) is -0.516. The van der Waals surface area contributed by atoms with E-state index in [0.717, 1.165) is 22.9 Å². The first-order valence-electron chi connectivity index (χ1n) is 11.7. The number of H-pyrrole nitrogens is 1. The number of hydrogen-bond acceptors (Lipinski definition) is 5. The highest BCUT2D eigenvalue weighted by atomic mass is 19.1. The Kier molecular flexibility index (Phi) is 7.29. The quantitative estimate of drug-likeness (QED) is 0.297. The van der Waals surface area contributed by atoms with Gasteiger partial charge in [-0.05, 0) is 49.6 Å². The molecule has 4 rings (SSSR count). The van der Waals surface area contributed by atoms with Gasteiger partial charge in [0.25, 0.3) is 0 Å². The fourth-order valence-electron chi connectivity index (χ4n) is 3.84. The summed E-state index contributed by atoms with van der Waals surface area (Å²) in [4.78, 5) is 24.7. The van der Waals surface area contributed by atoms with E-state index in [1.165, 1.54) is 11.8 Å². The van der Waals surface area contributed by atoms with Crippen molar-refractivity contribution in [1.29, 1.82) is 0 Å². The van der Waals surface area contributed by atoms with Crippen molar-refractivity contribution >= 4 is 22.7 Å². The van der Waals surface area contributed by atoms with Crippen molar-refractivity contribution in [3.8, 4) is 17.1 Å². The molecule has 0 aliphatic rings. The van der Waals surface area contributed by atoms with Gasteiger partial charge in [-0.15, -0.1) is 0 Å². The van der Waals surface area contributed by atoms with Crippen LogP contribution in [0.3, 0.4) is 0 Å². The van der Waals surface area contributed by atoms with Crippen molar-refractivity contribution in [2.45, 2.75) is 32.6 Å². The molecule has 7 nitrogen and oxygen atoms in total. The van der Waals surface area contributed by atoms with Crippen LogP contribution >= 0.6 is 0 Å². The Morgan fingerprint density at radius 3 is 2.69 bits per heavy atom. The number of nitrogens with one attached hydrogen (secondary N) is 1. The van der Waals surface area contributed by atoms with Gasteiger partial charge in [0.15, 0.2) is 17.5 Å². The summed E-state index contributed by atoms with van der Waals surface area (Å²) in [7, 11) is 1.80. The maximum atomic E-state index is 14.4. The highest BCUT2D eigenvalue weighted by Crippen LogP contribution is 2.26. The average Bonchev–Trinajstić information content (AvgIpc) is 3.29. The maximum Gasteiger partial charge on any atom is 0.312 e. The average molecular weight is 477 g/mol. The molecule has 0 aliphatic heterocycles. The number of aromatic amines is 1. The number of fused-ring (bicyclic) bond motifs is 1. The molecule has 182 valence electrons. The van der Waals surface area contributed by atoms with Crippen LogP contribution in [0.5, 0.6) is 5.75 Å². The summed E-state index contributed by atoms with van der Waals surface area (Å²) in [5, 5.41) is 10.1. The highest BCUT2D eigenvalue weighted by Gasteiger charge is 2.16. The number of rotatable bonds is 10. The van der Waals surface area contributed by atoms with Crippen LogP contribution in [0, 0.1) is 5.82 Å². The number of ether oxygens (including phenoxy) is 1. The Labute approximate surface area is 203 Å². The molecule has 0 fully saturated rings. The molecule has 0 saturated carbocycles. The molecular formula is C27H29FN4O3. The monoisotopic (exact) mass is 476 g/mol. The zero-order valence-corrected chi connectivity index (χ0v) is 20.1. The molecule has 0 saturated heterocycles. The first kappa shape index (κ1) is 24.2. The van der Waals surface area contributed by atoms with Crippen molar-refractivity contribution in [3.05, 3.63) is 71.8 Å². The fraction of sp³-hybridized carbons (Fsp3) is 0.296. The van der Waals surface area contributed by atoms with Gasteiger partial charge in [-0.1, -0.05) is 31.2 Å². The largest absolute Gasteiger partial charge is 0.494 e. The number of anilines is 1. The lowest BCUT2D eigenvalue weighted by atomic mass is 10.1. The molecule has 0 spiro atoms. The summed E-state index contributed by atoms with van der Waals surface area (Å²) in [6, 6.07) is 15.4. The number of aliphatic carboxylic acids is 1. The Morgan fingerprint density at radius 2 is 1.97 bits per heavy atom. The highest BCUT2D eigenvalue weighted by molar-refractivity contribution is 5.84. The predicted molar refractivity (Wildman–Crippen MR) is 135 cm³/mol. The number of carboxylic acids is 1. The summed E-state index contributed by atoms with van der Waals surface area (Å²) in [6.07, 6.45) is 2.82. The number of carbonyl (C=O) groups is 1. The minimum Gasteiger partial charge on any atom is -0.494 e. The van der Waals surface area contributed by atoms with Gasteiger partial charge in [0.05, 0.1) is 18.7 Å². The third-order valence-corrected chi connectivity index (χ3v) is 6.06. The standard InChI is InChI=1S/C27H29FN4O3/c1-4-18-6-8-19(9-7-18)25-29-16-22(28)26(31-25)32(3)12-5-13-35-21-10-11-23-20(14-21)15-24(30-23)17(2)27(33)34/h6-11,14-17,30H,4-5,12-13H2,1-3H3,(H,33,34). The van der Waals surface area contributed by atoms with Crippen molar-refractivity contribution < 1.29 is 19.0 Å². The number of halogens is 1. The van der Waals surface area contributed by atoms with Crippen LogP contribution in [0.25, 0.3) is 22.3 Å². The van der Waals surface area contributed by atoms with Gasteiger partial charge in [-0.3, -0.25) is 4.79 Å². The van der Waals surface area contributed by atoms with Crippen LogP contribution in [-0.2, 0) is 11.2 Å².